The van der Waals surface area contributed by atoms with Crippen LogP contribution in [0.2, 0.25) is 5.02 Å². The highest BCUT2D eigenvalue weighted by molar-refractivity contribution is 6.32. The Balaban J connectivity index is 1.55. The van der Waals surface area contributed by atoms with E-state index in [1.165, 1.54) is 0 Å². The fourth-order valence-corrected chi connectivity index (χ4v) is 3.33. The van der Waals surface area contributed by atoms with E-state index in [4.69, 9.17) is 25.8 Å². The number of ketones is 1. The van der Waals surface area contributed by atoms with E-state index in [-0.39, 0.29) is 11.5 Å². The van der Waals surface area contributed by atoms with Crippen LogP contribution in [0, 0.1) is 6.92 Å². The predicted octanol–water partition coefficient (Wildman–Crippen LogP) is 5.85. The van der Waals surface area contributed by atoms with Crippen molar-refractivity contribution in [2.24, 2.45) is 0 Å². The highest BCUT2D eigenvalue weighted by Crippen LogP contribution is 2.39. The van der Waals surface area contributed by atoms with E-state index in [1.54, 1.807) is 31.4 Å². The smallest absolute Gasteiger partial charge is 0.231 e. The molecular formula is C24H19ClO4. The molecule has 0 unspecified atom stereocenters. The van der Waals surface area contributed by atoms with Gasteiger partial charge in [-0.25, -0.2) is 0 Å². The molecule has 1 heterocycles. The summed E-state index contributed by atoms with van der Waals surface area (Å²) in [5, 5.41) is 0.563. The van der Waals surface area contributed by atoms with E-state index in [1.807, 2.05) is 49.4 Å². The summed E-state index contributed by atoms with van der Waals surface area (Å²) in [5.41, 5.74) is 3.06. The van der Waals surface area contributed by atoms with E-state index < -0.39 is 0 Å². The number of benzene rings is 3. The maximum absolute atomic E-state index is 12.7. The zero-order valence-corrected chi connectivity index (χ0v) is 16.8. The molecule has 0 aliphatic carbocycles. The van der Waals surface area contributed by atoms with Crippen molar-refractivity contribution in [3.63, 3.8) is 0 Å². The fraction of sp³-hybridized carbons (Fsp3) is 0.125. The van der Waals surface area contributed by atoms with Gasteiger partial charge in [0.2, 0.25) is 5.78 Å². The lowest BCUT2D eigenvalue weighted by Crippen LogP contribution is -1.98. The number of allylic oxidation sites excluding steroid dienone is 1. The van der Waals surface area contributed by atoms with Gasteiger partial charge in [0.15, 0.2) is 5.76 Å². The number of carbonyl (C=O) groups is 1. The van der Waals surface area contributed by atoms with Gasteiger partial charge >= 0.3 is 0 Å². The van der Waals surface area contributed by atoms with Gasteiger partial charge in [-0.1, -0.05) is 41.9 Å². The van der Waals surface area contributed by atoms with Crippen LogP contribution in [-0.2, 0) is 6.61 Å². The van der Waals surface area contributed by atoms with Gasteiger partial charge < -0.3 is 14.2 Å². The molecule has 3 aromatic carbocycles. The zero-order chi connectivity index (χ0) is 20.4. The number of methoxy groups -OCH3 is 1. The molecule has 0 N–H and O–H groups in total. The third kappa shape index (κ3) is 3.84. The van der Waals surface area contributed by atoms with Crippen molar-refractivity contribution in [2.45, 2.75) is 13.5 Å². The molecule has 1 aliphatic rings. The van der Waals surface area contributed by atoms with Gasteiger partial charge in [-0.2, -0.15) is 0 Å². The molecule has 4 nitrogen and oxygen atoms in total. The number of hydrogen-bond acceptors (Lipinski definition) is 4. The largest absolute Gasteiger partial charge is 0.497 e. The lowest BCUT2D eigenvalue weighted by atomic mass is 10.1. The average Bonchev–Trinajstić information content (AvgIpc) is 3.06. The zero-order valence-electron chi connectivity index (χ0n) is 16.1. The lowest BCUT2D eigenvalue weighted by Gasteiger charge is -2.12. The first-order valence-electron chi connectivity index (χ1n) is 9.15. The summed E-state index contributed by atoms with van der Waals surface area (Å²) in [6.07, 6.45) is 1.67. The summed E-state index contributed by atoms with van der Waals surface area (Å²) in [4.78, 5) is 12.7. The van der Waals surface area contributed by atoms with Crippen LogP contribution in [0.4, 0.5) is 0 Å². The highest BCUT2D eigenvalue weighted by atomic mass is 35.5. The Kier molecular flexibility index (Phi) is 5.28. The first-order chi connectivity index (χ1) is 14.1. The number of rotatable bonds is 5. The molecule has 0 saturated heterocycles. The SMILES string of the molecule is COc1ccc(COc2ccc3c(c2C)O/C(=C\c2ccccc2Cl)C3=O)cc1. The fourth-order valence-electron chi connectivity index (χ4n) is 3.14. The molecule has 0 atom stereocenters. The monoisotopic (exact) mass is 406 g/mol. The molecule has 4 rings (SSSR count). The van der Waals surface area contributed by atoms with E-state index in [9.17, 15) is 4.79 Å². The Morgan fingerprint density at radius 3 is 2.52 bits per heavy atom. The summed E-state index contributed by atoms with van der Waals surface area (Å²) in [6.45, 7) is 2.29. The number of halogens is 1. The van der Waals surface area contributed by atoms with Crippen LogP contribution in [0.15, 0.2) is 66.4 Å². The number of fused-ring (bicyclic) bond motifs is 1. The predicted molar refractivity (Wildman–Crippen MR) is 113 cm³/mol. The van der Waals surface area contributed by atoms with Crippen molar-refractivity contribution in [1.29, 1.82) is 0 Å². The van der Waals surface area contributed by atoms with Gasteiger partial charge in [-0.3, -0.25) is 4.79 Å². The van der Waals surface area contributed by atoms with Gasteiger partial charge in [0.1, 0.15) is 23.9 Å². The molecule has 146 valence electrons. The standard InChI is InChI=1S/C24H19ClO4/c1-15-21(28-14-16-7-9-18(27-2)10-8-16)12-11-19-23(26)22(29-24(15)19)13-17-5-3-4-6-20(17)25/h3-13H,14H2,1-2H3/b22-13-. The number of carbonyl (C=O) groups excluding carboxylic acids is 1. The molecule has 1 aliphatic heterocycles. The lowest BCUT2D eigenvalue weighted by molar-refractivity contribution is 0.101. The van der Waals surface area contributed by atoms with Crippen LogP contribution in [-0.4, -0.2) is 12.9 Å². The van der Waals surface area contributed by atoms with Gasteiger partial charge in [0, 0.05) is 10.6 Å². The molecule has 3 aromatic rings. The molecule has 0 aromatic heterocycles. The summed E-state index contributed by atoms with van der Waals surface area (Å²) in [6, 6.07) is 18.5. The van der Waals surface area contributed by atoms with E-state index in [0.29, 0.717) is 28.7 Å². The van der Waals surface area contributed by atoms with Crippen molar-refractivity contribution in [2.75, 3.05) is 7.11 Å². The van der Waals surface area contributed by atoms with Gasteiger partial charge in [0.05, 0.1) is 12.7 Å². The van der Waals surface area contributed by atoms with Crippen LogP contribution in [0.25, 0.3) is 6.08 Å². The van der Waals surface area contributed by atoms with Crippen molar-refractivity contribution >= 4 is 23.5 Å². The summed E-state index contributed by atoms with van der Waals surface area (Å²) >= 11 is 6.20. The van der Waals surface area contributed by atoms with Gasteiger partial charge in [-0.05, 0) is 54.5 Å². The minimum atomic E-state index is -0.162. The Morgan fingerprint density at radius 1 is 1.03 bits per heavy atom. The summed E-state index contributed by atoms with van der Waals surface area (Å²) in [5.74, 6) is 2.09. The number of ether oxygens (including phenoxy) is 3. The van der Waals surface area contributed by atoms with Crippen molar-refractivity contribution < 1.29 is 19.0 Å². The number of hydrogen-bond donors (Lipinski definition) is 0. The molecule has 0 radical (unpaired) electrons. The van der Waals surface area contributed by atoms with Crippen LogP contribution in [0.3, 0.4) is 0 Å². The maximum atomic E-state index is 12.7. The van der Waals surface area contributed by atoms with Gasteiger partial charge in [0.25, 0.3) is 0 Å². The van der Waals surface area contributed by atoms with Crippen LogP contribution >= 0.6 is 11.6 Å². The Labute approximate surface area is 174 Å². The first-order valence-corrected chi connectivity index (χ1v) is 9.52. The third-order valence-corrected chi connectivity index (χ3v) is 5.13. The van der Waals surface area contributed by atoms with Crippen LogP contribution in [0.5, 0.6) is 17.2 Å². The van der Waals surface area contributed by atoms with Crippen LogP contribution in [0.1, 0.15) is 27.0 Å². The Hall–Kier alpha value is -3.24. The molecule has 0 saturated carbocycles. The molecule has 0 fully saturated rings. The summed E-state index contributed by atoms with van der Waals surface area (Å²) in [7, 11) is 1.63. The summed E-state index contributed by atoms with van der Waals surface area (Å²) < 4.78 is 17.0. The van der Waals surface area contributed by atoms with Crippen molar-refractivity contribution in [3.05, 3.63) is 93.7 Å². The normalized spacial score (nSPS) is 13.9. The molecule has 0 bridgehead atoms. The quantitative estimate of drug-likeness (QED) is 0.498. The third-order valence-electron chi connectivity index (χ3n) is 4.78. The minimum absolute atomic E-state index is 0.162. The first kappa shape index (κ1) is 19.1. The molecular weight excluding hydrogens is 388 g/mol. The van der Waals surface area contributed by atoms with Gasteiger partial charge in [-0.15, -0.1) is 0 Å². The van der Waals surface area contributed by atoms with Crippen LogP contribution < -0.4 is 14.2 Å². The Morgan fingerprint density at radius 2 is 1.79 bits per heavy atom. The molecule has 0 amide bonds. The van der Waals surface area contributed by atoms with E-state index >= 15 is 0 Å². The van der Waals surface area contributed by atoms with Crippen molar-refractivity contribution in [1.82, 2.24) is 0 Å². The number of Topliss-reactive ketones (excluding diaryl/α,β-unsaturated/α-hetero) is 1. The maximum Gasteiger partial charge on any atom is 0.231 e. The molecule has 5 heteroatoms. The topological polar surface area (TPSA) is 44.8 Å². The minimum Gasteiger partial charge on any atom is -0.497 e. The Bertz CT molecular complexity index is 1100. The average molecular weight is 407 g/mol. The van der Waals surface area contributed by atoms with E-state index in [2.05, 4.69) is 0 Å². The second-order valence-corrected chi connectivity index (χ2v) is 7.07. The highest BCUT2D eigenvalue weighted by Gasteiger charge is 2.30. The van der Waals surface area contributed by atoms with Crippen molar-refractivity contribution in [3.8, 4) is 17.2 Å². The van der Waals surface area contributed by atoms with E-state index in [0.717, 1.165) is 22.4 Å². The second kappa shape index (κ2) is 8.02. The second-order valence-electron chi connectivity index (χ2n) is 6.66. The molecule has 0 spiro atoms. The molecule has 29 heavy (non-hydrogen) atoms.